The first-order valence-electron chi connectivity index (χ1n) is 9.79. The largest absolute Gasteiger partial charge is 0.321 e. The summed E-state index contributed by atoms with van der Waals surface area (Å²) in [7, 11) is 0. The summed E-state index contributed by atoms with van der Waals surface area (Å²) in [6, 6.07) is 23.7. The van der Waals surface area contributed by atoms with Crippen LogP contribution in [-0.4, -0.2) is 14.9 Å². The molecule has 0 unspecified atom stereocenters. The maximum Gasteiger partial charge on any atom is 0.270 e. The Labute approximate surface area is 177 Å². The lowest BCUT2D eigenvalue weighted by Gasteiger charge is -2.13. The van der Waals surface area contributed by atoms with Gasteiger partial charge in [0.15, 0.2) is 0 Å². The summed E-state index contributed by atoms with van der Waals surface area (Å²) < 4.78 is 0. The van der Waals surface area contributed by atoms with E-state index in [1.54, 1.807) is 6.07 Å². The van der Waals surface area contributed by atoms with Crippen molar-refractivity contribution in [2.45, 2.75) is 6.92 Å². The molecule has 0 spiro atoms. The first kappa shape index (κ1) is 18.7. The summed E-state index contributed by atoms with van der Waals surface area (Å²) in [6.45, 7) is 1.91. The fourth-order valence-electron chi connectivity index (χ4n) is 4.03. The fraction of sp³-hybridized carbons (Fsp3) is 0.0400. The van der Waals surface area contributed by atoms with Gasteiger partial charge in [-0.3, -0.25) is 14.9 Å². The third-order valence-electron chi connectivity index (χ3n) is 5.53. The Balaban J connectivity index is 1.86. The highest BCUT2D eigenvalue weighted by Gasteiger charge is 2.17. The summed E-state index contributed by atoms with van der Waals surface area (Å²) >= 11 is 0. The van der Waals surface area contributed by atoms with Gasteiger partial charge in [0.1, 0.15) is 0 Å². The number of nitrogens with zero attached hydrogens (tertiary/aromatic N) is 2. The molecule has 1 N–H and O–H groups in total. The monoisotopic (exact) mass is 407 g/mol. The minimum atomic E-state index is -0.416. The number of fused-ring (bicyclic) bond motifs is 2. The van der Waals surface area contributed by atoms with Crippen molar-refractivity contribution in [3.8, 4) is 22.4 Å². The van der Waals surface area contributed by atoms with Crippen molar-refractivity contribution in [1.82, 2.24) is 9.97 Å². The molecular formula is C25H17N3O3. The van der Waals surface area contributed by atoms with Crippen molar-refractivity contribution in [2.75, 3.05) is 0 Å². The van der Waals surface area contributed by atoms with Gasteiger partial charge in [0.25, 0.3) is 11.2 Å². The van der Waals surface area contributed by atoms with Crippen LogP contribution in [0.3, 0.4) is 0 Å². The van der Waals surface area contributed by atoms with Crippen LogP contribution in [0.15, 0.2) is 83.7 Å². The third-order valence-corrected chi connectivity index (χ3v) is 5.53. The Morgan fingerprint density at radius 2 is 1.65 bits per heavy atom. The lowest BCUT2D eigenvalue weighted by Crippen LogP contribution is -2.12. The van der Waals surface area contributed by atoms with E-state index in [9.17, 15) is 14.9 Å². The maximum absolute atomic E-state index is 13.0. The maximum atomic E-state index is 13.0. The SMILES string of the molecule is Cc1c(-c2cc(-c3ccccc3)c3cc([N+](=O)[O-])ccc3n2)c(=O)[nH]c2ccccc12. The molecule has 150 valence electrons. The highest BCUT2D eigenvalue weighted by molar-refractivity contribution is 5.98. The van der Waals surface area contributed by atoms with E-state index >= 15 is 0 Å². The van der Waals surface area contributed by atoms with Crippen molar-refractivity contribution < 1.29 is 4.92 Å². The van der Waals surface area contributed by atoms with Gasteiger partial charge in [0.05, 0.1) is 21.7 Å². The number of benzene rings is 3. The van der Waals surface area contributed by atoms with E-state index in [0.717, 1.165) is 27.6 Å². The van der Waals surface area contributed by atoms with Crippen LogP contribution in [0.2, 0.25) is 0 Å². The molecule has 0 saturated heterocycles. The number of H-pyrrole nitrogens is 1. The number of rotatable bonds is 3. The molecule has 3 aromatic carbocycles. The Morgan fingerprint density at radius 3 is 2.42 bits per heavy atom. The zero-order valence-corrected chi connectivity index (χ0v) is 16.6. The third kappa shape index (κ3) is 3.14. The lowest BCUT2D eigenvalue weighted by atomic mass is 9.96. The van der Waals surface area contributed by atoms with Crippen LogP contribution < -0.4 is 5.56 Å². The molecule has 6 nitrogen and oxygen atoms in total. The minimum absolute atomic E-state index is 0.000959. The Kier molecular flexibility index (Phi) is 4.33. The lowest BCUT2D eigenvalue weighted by molar-refractivity contribution is -0.384. The molecule has 5 rings (SSSR count). The second-order valence-corrected chi connectivity index (χ2v) is 7.38. The number of nitro groups is 1. The van der Waals surface area contributed by atoms with Gasteiger partial charge in [-0.2, -0.15) is 0 Å². The molecule has 0 atom stereocenters. The number of aryl methyl sites for hydroxylation is 1. The van der Waals surface area contributed by atoms with Crippen molar-refractivity contribution in [2.24, 2.45) is 0 Å². The van der Waals surface area contributed by atoms with Crippen LogP contribution >= 0.6 is 0 Å². The van der Waals surface area contributed by atoms with E-state index in [2.05, 4.69) is 4.98 Å². The number of hydrogen-bond donors (Lipinski definition) is 1. The zero-order valence-electron chi connectivity index (χ0n) is 16.6. The van der Waals surface area contributed by atoms with Crippen molar-refractivity contribution in [1.29, 1.82) is 0 Å². The molecule has 6 heteroatoms. The summed E-state index contributed by atoms with van der Waals surface area (Å²) in [6.07, 6.45) is 0. The van der Waals surface area contributed by atoms with E-state index in [0.29, 0.717) is 22.2 Å². The van der Waals surface area contributed by atoms with Gasteiger partial charge < -0.3 is 4.98 Å². The average Bonchev–Trinajstić information content (AvgIpc) is 2.78. The molecule has 0 fully saturated rings. The molecule has 0 aliphatic rings. The fourth-order valence-corrected chi connectivity index (χ4v) is 4.03. The normalized spacial score (nSPS) is 11.1. The van der Waals surface area contributed by atoms with E-state index in [1.807, 2.05) is 67.6 Å². The number of pyridine rings is 2. The molecule has 0 amide bonds. The summed E-state index contributed by atoms with van der Waals surface area (Å²) in [5.41, 5.74) is 4.70. The molecule has 31 heavy (non-hydrogen) atoms. The number of aromatic amines is 1. The van der Waals surface area contributed by atoms with Crippen LogP contribution in [0.25, 0.3) is 44.2 Å². The molecule has 0 aliphatic carbocycles. The Hall–Kier alpha value is -4.32. The van der Waals surface area contributed by atoms with Crippen LogP contribution in [0.4, 0.5) is 5.69 Å². The standard InChI is InChI=1S/C25H17N3O3/c1-15-18-9-5-6-10-21(18)27-25(29)24(15)23-14-19(16-7-3-2-4-8-16)20-13-17(28(30)31)11-12-22(20)26-23/h2-14H,1H3,(H,27,29). The van der Waals surface area contributed by atoms with E-state index in [4.69, 9.17) is 4.98 Å². The number of hydrogen-bond acceptors (Lipinski definition) is 4. The molecular weight excluding hydrogens is 390 g/mol. The molecule has 2 heterocycles. The smallest absolute Gasteiger partial charge is 0.270 e. The number of non-ortho nitro benzene ring substituents is 1. The van der Waals surface area contributed by atoms with Gasteiger partial charge in [-0.05, 0) is 41.8 Å². The number of para-hydroxylation sites is 1. The highest BCUT2D eigenvalue weighted by Crippen LogP contribution is 2.34. The zero-order chi connectivity index (χ0) is 21.5. The van der Waals surface area contributed by atoms with Gasteiger partial charge in [-0.25, -0.2) is 4.98 Å². The van der Waals surface area contributed by atoms with Crippen LogP contribution in [-0.2, 0) is 0 Å². The van der Waals surface area contributed by atoms with Crippen molar-refractivity contribution in [3.63, 3.8) is 0 Å². The predicted octanol–water partition coefficient (Wildman–Crippen LogP) is 5.63. The van der Waals surface area contributed by atoms with Crippen molar-refractivity contribution >= 4 is 27.5 Å². The molecule has 0 aliphatic heterocycles. The molecule has 2 aromatic heterocycles. The molecule has 0 saturated carbocycles. The second kappa shape index (κ2) is 7.18. The quantitative estimate of drug-likeness (QED) is 0.310. The first-order chi connectivity index (χ1) is 15.0. The van der Waals surface area contributed by atoms with E-state index in [-0.39, 0.29) is 11.2 Å². The molecule has 0 bridgehead atoms. The van der Waals surface area contributed by atoms with Gasteiger partial charge in [0.2, 0.25) is 0 Å². The first-order valence-corrected chi connectivity index (χ1v) is 9.79. The summed E-state index contributed by atoms with van der Waals surface area (Å²) in [5, 5.41) is 12.9. The van der Waals surface area contributed by atoms with Gasteiger partial charge in [-0.1, -0.05) is 48.5 Å². The molecule has 5 aromatic rings. The number of nitrogens with one attached hydrogen (secondary N) is 1. The Bertz CT molecular complexity index is 1540. The summed E-state index contributed by atoms with van der Waals surface area (Å²) in [5.74, 6) is 0. The predicted molar refractivity (Wildman–Crippen MR) is 122 cm³/mol. The van der Waals surface area contributed by atoms with E-state index in [1.165, 1.54) is 12.1 Å². The topological polar surface area (TPSA) is 88.9 Å². The van der Waals surface area contributed by atoms with Crippen LogP contribution in [0, 0.1) is 17.0 Å². The number of aromatic nitrogens is 2. The van der Waals surface area contributed by atoms with Gasteiger partial charge >= 0.3 is 0 Å². The highest BCUT2D eigenvalue weighted by atomic mass is 16.6. The summed E-state index contributed by atoms with van der Waals surface area (Å²) in [4.78, 5) is 31.6. The average molecular weight is 407 g/mol. The second-order valence-electron chi connectivity index (χ2n) is 7.38. The molecule has 0 radical (unpaired) electrons. The van der Waals surface area contributed by atoms with Gasteiger partial charge in [-0.15, -0.1) is 0 Å². The van der Waals surface area contributed by atoms with Gasteiger partial charge in [0, 0.05) is 28.4 Å². The number of nitro benzene ring substituents is 1. The minimum Gasteiger partial charge on any atom is -0.321 e. The van der Waals surface area contributed by atoms with Crippen LogP contribution in [0.1, 0.15) is 5.56 Å². The van der Waals surface area contributed by atoms with Crippen LogP contribution in [0.5, 0.6) is 0 Å². The van der Waals surface area contributed by atoms with Crippen molar-refractivity contribution in [3.05, 3.63) is 105 Å². The van der Waals surface area contributed by atoms with E-state index < -0.39 is 4.92 Å². The Morgan fingerprint density at radius 1 is 0.903 bits per heavy atom.